The van der Waals surface area contributed by atoms with Crippen molar-refractivity contribution in [1.82, 2.24) is 5.06 Å². The van der Waals surface area contributed by atoms with Gasteiger partial charge in [0.25, 0.3) is 11.8 Å². The van der Waals surface area contributed by atoms with E-state index in [4.69, 9.17) is 4.84 Å². The summed E-state index contributed by atoms with van der Waals surface area (Å²) in [4.78, 5) is 43.0. The van der Waals surface area contributed by atoms with E-state index >= 15 is 0 Å². The average molecular weight is 614 g/mol. The number of hydrogen-bond donors (Lipinski definition) is 0. The van der Waals surface area contributed by atoms with Gasteiger partial charge in [-0.2, -0.15) is 0 Å². The van der Waals surface area contributed by atoms with E-state index in [-0.39, 0.29) is 19.3 Å². The molecule has 3 aromatic carbocycles. The molecular formula is C35H37N2O4S2+. The van der Waals surface area contributed by atoms with Crippen LogP contribution >= 0.6 is 23.5 Å². The lowest BCUT2D eigenvalue weighted by Gasteiger charge is -2.35. The summed E-state index contributed by atoms with van der Waals surface area (Å²) in [6, 6.07) is 28.0. The van der Waals surface area contributed by atoms with Gasteiger partial charge in [-0.3, -0.25) is 9.59 Å². The lowest BCUT2D eigenvalue weighted by molar-refractivity contribution is -0.197. The third-order valence-corrected chi connectivity index (χ3v) is 10.0. The summed E-state index contributed by atoms with van der Waals surface area (Å²) < 4.78 is 1.32. The monoisotopic (exact) mass is 613 g/mol. The summed E-state index contributed by atoms with van der Waals surface area (Å²) in [6.07, 6.45) is 4.80. The van der Waals surface area contributed by atoms with E-state index in [1.165, 1.54) is 37.9 Å². The van der Waals surface area contributed by atoms with Gasteiger partial charge in [0.05, 0.1) is 13.3 Å². The number of carbonyl (C=O) groups is 3. The van der Waals surface area contributed by atoms with E-state index in [1.54, 1.807) is 0 Å². The van der Waals surface area contributed by atoms with Crippen molar-refractivity contribution >= 4 is 58.3 Å². The molecule has 0 N–H and O–H groups in total. The van der Waals surface area contributed by atoms with Crippen LogP contribution in [0, 0.1) is 6.92 Å². The fourth-order valence-electron chi connectivity index (χ4n) is 5.24. The number of para-hydroxylation sites is 2. The number of hydroxylamine groups is 2. The zero-order valence-electron chi connectivity index (χ0n) is 24.3. The fraction of sp³-hybridized carbons (Fsp3) is 0.314. The van der Waals surface area contributed by atoms with Crippen molar-refractivity contribution in [1.29, 1.82) is 0 Å². The van der Waals surface area contributed by atoms with Gasteiger partial charge in [0, 0.05) is 63.9 Å². The van der Waals surface area contributed by atoms with Crippen LogP contribution in [0.4, 0.5) is 11.4 Å². The first-order chi connectivity index (χ1) is 21.1. The molecule has 6 nitrogen and oxygen atoms in total. The number of hydrogen-bond acceptors (Lipinski definition) is 7. The third-order valence-electron chi connectivity index (χ3n) is 7.40. The normalized spacial score (nSPS) is 14.1. The molecule has 222 valence electrons. The maximum absolute atomic E-state index is 12.2. The smallest absolute Gasteiger partial charge is 0.333 e. The summed E-state index contributed by atoms with van der Waals surface area (Å²) >= 11 is 3.80. The highest BCUT2D eigenvalue weighted by molar-refractivity contribution is 8.22. The lowest BCUT2D eigenvalue weighted by Crippen LogP contribution is -2.31. The first kappa shape index (κ1) is 30.8. The Morgan fingerprint density at radius 3 is 1.95 bits per heavy atom. The van der Waals surface area contributed by atoms with Gasteiger partial charge in [0.1, 0.15) is 0 Å². The summed E-state index contributed by atoms with van der Waals surface area (Å²) in [6.45, 7) is 4.84. The minimum atomic E-state index is -0.529. The third kappa shape index (κ3) is 7.67. The summed E-state index contributed by atoms with van der Waals surface area (Å²) in [7, 11) is 0. The second-order valence-electron chi connectivity index (χ2n) is 10.5. The van der Waals surface area contributed by atoms with Crippen LogP contribution in [0.25, 0.3) is 5.57 Å². The predicted molar refractivity (Wildman–Crippen MR) is 176 cm³/mol. The zero-order valence-corrected chi connectivity index (χ0v) is 26.0. The molecule has 2 aliphatic rings. The lowest BCUT2D eigenvalue weighted by atomic mass is 9.91. The quantitative estimate of drug-likeness (QED) is 0.103. The average Bonchev–Trinajstić information content (AvgIpc) is 3.34. The molecule has 5 rings (SSSR count). The highest BCUT2D eigenvalue weighted by atomic mass is 32.2. The molecule has 1 fully saturated rings. The number of imide groups is 1. The molecule has 0 spiro atoms. The van der Waals surface area contributed by atoms with Crippen LogP contribution in [0.2, 0.25) is 0 Å². The van der Waals surface area contributed by atoms with Gasteiger partial charge in [0.2, 0.25) is 0 Å². The van der Waals surface area contributed by atoms with Crippen molar-refractivity contribution in [2.45, 2.75) is 57.9 Å². The fourth-order valence-corrected chi connectivity index (χ4v) is 7.87. The molecule has 0 aromatic heterocycles. The van der Waals surface area contributed by atoms with Gasteiger partial charge in [0.15, 0.2) is 0 Å². The van der Waals surface area contributed by atoms with Crippen LogP contribution < -0.4 is 4.90 Å². The van der Waals surface area contributed by atoms with Crippen molar-refractivity contribution in [3.8, 4) is 0 Å². The Morgan fingerprint density at radius 1 is 0.744 bits per heavy atom. The van der Waals surface area contributed by atoms with Crippen molar-refractivity contribution in [2.75, 3.05) is 16.4 Å². The molecule has 0 saturated carbocycles. The molecule has 2 aliphatic heterocycles. The molecule has 1 saturated heterocycles. The van der Waals surface area contributed by atoms with Crippen molar-refractivity contribution in [2.24, 2.45) is 0 Å². The highest BCUT2D eigenvalue weighted by Crippen LogP contribution is 2.50. The van der Waals surface area contributed by atoms with Gasteiger partial charge in [-0.25, -0.2) is 4.79 Å². The van der Waals surface area contributed by atoms with E-state index < -0.39 is 17.8 Å². The van der Waals surface area contributed by atoms with Crippen LogP contribution in [-0.4, -0.2) is 34.4 Å². The van der Waals surface area contributed by atoms with E-state index in [0.29, 0.717) is 11.5 Å². The molecule has 0 aliphatic carbocycles. The first-order valence-electron chi connectivity index (χ1n) is 14.9. The molecule has 2 amide bonds. The van der Waals surface area contributed by atoms with Crippen LogP contribution in [-0.2, 0) is 25.8 Å². The zero-order chi connectivity index (χ0) is 30.0. The maximum atomic E-state index is 12.2. The molecular weight excluding hydrogens is 577 g/mol. The van der Waals surface area contributed by atoms with Gasteiger partial charge in [-0.1, -0.05) is 73.2 Å². The molecule has 8 heteroatoms. The number of nitrogens with zero attached hydrogens (tertiary/aromatic N) is 2. The Hall–Kier alpha value is -3.62. The number of carbonyl (C=O) groups excluding carboxylic acids is 3. The highest BCUT2D eigenvalue weighted by Gasteiger charge is 2.33. The Labute approximate surface area is 262 Å². The predicted octanol–water partition coefficient (Wildman–Crippen LogP) is 8.30. The number of unbranched alkanes of at least 4 members (excludes halogenated alkanes) is 3. The Bertz CT molecular complexity index is 1410. The molecule has 0 unspecified atom stereocenters. The second-order valence-corrected chi connectivity index (χ2v) is 13.0. The van der Waals surface area contributed by atoms with E-state index in [9.17, 15) is 14.4 Å². The van der Waals surface area contributed by atoms with Crippen molar-refractivity contribution in [3.63, 3.8) is 0 Å². The number of rotatable bonds is 14. The van der Waals surface area contributed by atoms with Crippen molar-refractivity contribution in [3.05, 3.63) is 107 Å². The molecule has 3 aromatic rings. The summed E-state index contributed by atoms with van der Waals surface area (Å²) in [5.41, 5.74) is 7.47. The number of fused-ring (bicyclic) bond motifs is 2. The van der Waals surface area contributed by atoms with E-state index in [1.807, 2.05) is 23.5 Å². The first-order valence-corrected chi connectivity index (χ1v) is 16.9. The topological polar surface area (TPSA) is 66.9 Å². The Balaban J connectivity index is 1.30. The number of amides is 2. The SMILES string of the molecule is [CH2+]CCCSC(SCCCCCC(=O)ON1C(=O)CCC1=O)=C1c2ccccc2N(Cc2ccccc2)c2ccccc21. The van der Waals surface area contributed by atoms with Gasteiger partial charge >= 0.3 is 5.97 Å². The minimum Gasteiger partial charge on any atom is -0.336 e. The maximum Gasteiger partial charge on any atom is 0.333 e. The van der Waals surface area contributed by atoms with Crippen molar-refractivity contribution < 1.29 is 19.2 Å². The van der Waals surface area contributed by atoms with Gasteiger partial charge in [-0.05, 0) is 42.7 Å². The Morgan fingerprint density at radius 2 is 1.33 bits per heavy atom. The van der Waals surface area contributed by atoms with E-state index in [2.05, 4.69) is 90.7 Å². The van der Waals surface area contributed by atoms with E-state index in [0.717, 1.165) is 43.7 Å². The number of anilines is 2. The van der Waals surface area contributed by atoms with Crippen LogP contribution in [0.15, 0.2) is 83.1 Å². The van der Waals surface area contributed by atoms with Crippen LogP contribution in [0.5, 0.6) is 0 Å². The molecule has 0 bridgehead atoms. The molecule has 0 radical (unpaired) electrons. The summed E-state index contributed by atoms with van der Waals surface area (Å²) in [5, 5.41) is 0.626. The van der Waals surface area contributed by atoms with Gasteiger partial charge < -0.3 is 9.74 Å². The van der Waals surface area contributed by atoms with Crippen LogP contribution in [0.1, 0.15) is 68.1 Å². The molecule has 0 atom stereocenters. The van der Waals surface area contributed by atoms with Crippen LogP contribution in [0.3, 0.4) is 0 Å². The summed E-state index contributed by atoms with van der Waals surface area (Å²) in [5.74, 6) is 0.513. The Kier molecular flexibility index (Phi) is 10.9. The number of benzene rings is 3. The standard InChI is InChI=1S/C35H37N2O4S2/c1-2-3-23-42-35(43-24-13-5-8-20-33(40)41-37-31(38)21-22-32(37)39)34-27-16-9-11-18-29(27)36(25-26-14-6-4-7-15-26)30-19-12-10-17-28(30)34/h4,6-7,9-12,14-19H,1-3,5,8,13,20-25H2/q+1. The minimum absolute atomic E-state index is 0.105. The largest absolute Gasteiger partial charge is 0.336 e. The molecule has 43 heavy (non-hydrogen) atoms. The van der Waals surface area contributed by atoms with Gasteiger partial charge in [-0.15, -0.1) is 28.6 Å². The second kappa shape index (κ2) is 15.2. The number of thioether (sulfide) groups is 2. The molecule has 2 heterocycles.